The molecule has 280 valence electrons. The number of rotatable bonds is 10. The number of nitrogens with zero attached hydrogens (tertiary/aromatic N) is 8. The van der Waals surface area contributed by atoms with E-state index in [1.807, 2.05) is 12.1 Å². The van der Waals surface area contributed by atoms with Crippen LogP contribution in [0.1, 0.15) is 37.1 Å². The number of halogens is 4. The van der Waals surface area contributed by atoms with E-state index in [0.29, 0.717) is 47.5 Å². The first-order chi connectivity index (χ1) is 27.2. The van der Waals surface area contributed by atoms with E-state index in [-0.39, 0.29) is 37.1 Å². The average Bonchev–Trinajstić information content (AvgIpc) is 3.21. The molecule has 2 aromatic carbocycles. The number of aromatic nitrogens is 6. The van der Waals surface area contributed by atoms with Crippen LogP contribution in [0.25, 0.3) is 32.2 Å². The van der Waals surface area contributed by atoms with Gasteiger partial charge in [0.15, 0.2) is 11.4 Å². The summed E-state index contributed by atoms with van der Waals surface area (Å²) in [5.41, 5.74) is 3.18. The molecule has 6 aromatic rings. The minimum Gasteiger partial charge on any atom is -0.368 e. The van der Waals surface area contributed by atoms with Crippen molar-refractivity contribution in [1.29, 1.82) is 0 Å². The van der Waals surface area contributed by atoms with E-state index < -0.39 is 34.8 Å². The molecule has 0 aliphatic heterocycles. The minimum atomic E-state index is -0.952. The Morgan fingerprint density at radius 1 is 0.571 bits per heavy atom. The first-order valence-corrected chi connectivity index (χ1v) is 17.8. The van der Waals surface area contributed by atoms with Gasteiger partial charge in [-0.15, -0.1) is 20.4 Å². The number of hydrogen-bond donors (Lipinski definition) is 2. The van der Waals surface area contributed by atoms with Gasteiger partial charge in [-0.05, 0) is 97.5 Å². The zero-order valence-corrected chi connectivity index (χ0v) is 29.9. The molecule has 0 radical (unpaired) electrons. The van der Waals surface area contributed by atoms with Gasteiger partial charge in [-0.1, -0.05) is 36.4 Å². The Kier molecular flexibility index (Phi) is 10.9. The highest BCUT2D eigenvalue weighted by atomic mass is 19.1. The predicted molar refractivity (Wildman–Crippen MR) is 204 cm³/mol. The second kappa shape index (κ2) is 16.3. The first-order valence-electron chi connectivity index (χ1n) is 17.8. The molecular weight excluding hydrogens is 721 g/mol. The molecule has 10 nitrogen and oxygen atoms in total. The SMILES string of the molecule is [C-]#[N+]c1cccc(-c2ccc(NCC3(c4ncccc4F)CC(F)C3)nn2)c1.[C-]#[N+]c1cccc(-c2ccc(NCC3(c4ncccc4F)CC(F)C3)nn2)c1. The molecule has 0 unspecified atom stereocenters. The molecule has 0 bridgehead atoms. The van der Waals surface area contributed by atoms with Crippen LogP contribution in [0.5, 0.6) is 0 Å². The third kappa shape index (κ3) is 8.15. The molecule has 2 aliphatic carbocycles. The van der Waals surface area contributed by atoms with Gasteiger partial charge in [-0.2, -0.15) is 0 Å². The number of pyridine rings is 2. The predicted octanol–water partition coefficient (Wildman–Crippen LogP) is 9.42. The van der Waals surface area contributed by atoms with Crippen molar-refractivity contribution in [2.45, 2.75) is 48.9 Å². The van der Waals surface area contributed by atoms with Crippen LogP contribution in [0.15, 0.2) is 109 Å². The number of anilines is 2. The highest BCUT2D eigenvalue weighted by Gasteiger charge is 2.49. The van der Waals surface area contributed by atoms with E-state index in [1.54, 1.807) is 60.7 Å². The Labute approximate surface area is 320 Å². The van der Waals surface area contributed by atoms with Crippen molar-refractivity contribution < 1.29 is 17.6 Å². The molecule has 14 heteroatoms. The molecule has 0 spiro atoms. The van der Waals surface area contributed by atoms with Crippen molar-refractivity contribution in [3.05, 3.63) is 155 Å². The van der Waals surface area contributed by atoms with Crippen molar-refractivity contribution in [3.8, 4) is 22.5 Å². The van der Waals surface area contributed by atoms with Gasteiger partial charge in [0.1, 0.15) is 35.6 Å². The zero-order chi connectivity index (χ0) is 39.1. The van der Waals surface area contributed by atoms with Gasteiger partial charge in [0.2, 0.25) is 0 Å². The van der Waals surface area contributed by atoms with E-state index in [0.717, 1.165) is 11.1 Å². The fourth-order valence-corrected chi connectivity index (χ4v) is 7.12. The standard InChI is InChI=1S/2C21H17F2N5/c2*1-24-16-5-2-4-14(10-16)18-7-8-19(28-27-18)26-13-21(11-15(22)12-21)20-17(23)6-3-9-25-20/h2*2-10,15H,11-13H2,(H,26,28). The third-order valence-corrected chi connectivity index (χ3v) is 10.1. The quantitative estimate of drug-likeness (QED) is 0.105. The molecular formula is C42H34F4N10. The second-order valence-electron chi connectivity index (χ2n) is 13.9. The lowest BCUT2D eigenvalue weighted by atomic mass is 9.65. The van der Waals surface area contributed by atoms with Gasteiger partial charge < -0.3 is 10.6 Å². The summed E-state index contributed by atoms with van der Waals surface area (Å²) >= 11 is 0. The van der Waals surface area contributed by atoms with Gasteiger partial charge in [0.05, 0.1) is 35.9 Å². The van der Waals surface area contributed by atoms with E-state index in [4.69, 9.17) is 13.1 Å². The average molecular weight is 755 g/mol. The fourth-order valence-electron chi connectivity index (χ4n) is 7.12. The van der Waals surface area contributed by atoms with Crippen molar-refractivity contribution in [1.82, 2.24) is 30.4 Å². The van der Waals surface area contributed by atoms with Crippen LogP contribution in [0.3, 0.4) is 0 Å². The molecule has 0 amide bonds. The normalized spacial score (nSPS) is 20.8. The van der Waals surface area contributed by atoms with Crippen LogP contribution < -0.4 is 10.6 Å². The van der Waals surface area contributed by atoms with Crippen LogP contribution in [0.2, 0.25) is 0 Å². The lowest BCUT2D eigenvalue weighted by Gasteiger charge is -2.44. The highest BCUT2D eigenvalue weighted by molar-refractivity contribution is 5.66. The van der Waals surface area contributed by atoms with E-state index in [2.05, 4.69) is 50.7 Å². The van der Waals surface area contributed by atoms with Crippen LogP contribution in [-0.2, 0) is 10.8 Å². The fraction of sp³-hybridized carbons (Fsp3) is 0.238. The topological polar surface area (TPSA) is 110 Å². The van der Waals surface area contributed by atoms with Crippen LogP contribution in [0.4, 0.5) is 40.6 Å². The van der Waals surface area contributed by atoms with Gasteiger partial charge in [-0.25, -0.2) is 27.3 Å². The number of alkyl halides is 2. The summed E-state index contributed by atoms with van der Waals surface area (Å²) in [6, 6.07) is 27.1. The zero-order valence-electron chi connectivity index (χ0n) is 29.9. The summed E-state index contributed by atoms with van der Waals surface area (Å²) in [6.07, 6.45) is 2.05. The summed E-state index contributed by atoms with van der Waals surface area (Å²) < 4.78 is 55.7. The van der Waals surface area contributed by atoms with E-state index >= 15 is 0 Å². The van der Waals surface area contributed by atoms with E-state index in [9.17, 15) is 17.6 Å². The third-order valence-electron chi connectivity index (χ3n) is 10.1. The van der Waals surface area contributed by atoms with Crippen LogP contribution in [0, 0.1) is 24.8 Å². The molecule has 4 aromatic heterocycles. The smallest absolute Gasteiger partial charge is 0.187 e. The summed E-state index contributed by atoms with van der Waals surface area (Å²) in [5, 5.41) is 23.0. The Hall–Kier alpha value is -6.80. The summed E-state index contributed by atoms with van der Waals surface area (Å²) in [7, 11) is 0. The number of benzene rings is 2. The maximum absolute atomic E-state index is 14.2. The van der Waals surface area contributed by atoms with Crippen molar-refractivity contribution >= 4 is 23.0 Å². The maximum Gasteiger partial charge on any atom is 0.187 e. The molecule has 2 N–H and O–H groups in total. The number of hydrogen-bond acceptors (Lipinski definition) is 8. The van der Waals surface area contributed by atoms with Gasteiger partial charge >= 0.3 is 0 Å². The second-order valence-corrected chi connectivity index (χ2v) is 13.9. The lowest BCUT2D eigenvalue weighted by Crippen LogP contribution is -2.49. The Morgan fingerprint density at radius 2 is 1.00 bits per heavy atom. The summed E-state index contributed by atoms with van der Waals surface area (Å²) in [6.45, 7) is 14.8. The largest absolute Gasteiger partial charge is 0.368 e. The van der Waals surface area contributed by atoms with Gasteiger partial charge in [-0.3, -0.25) is 9.97 Å². The van der Waals surface area contributed by atoms with Crippen molar-refractivity contribution in [2.24, 2.45) is 0 Å². The molecule has 2 saturated carbocycles. The molecule has 56 heavy (non-hydrogen) atoms. The van der Waals surface area contributed by atoms with Crippen LogP contribution in [-0.4, -0.2) is 55.8 Å². The molecule has 2 fully saturated rings. The highest BCUT2D eigenvalue weighted by Crippen LogP contribution is 2.46. The maximum atomic E-state index is 14.2. The van der Waals surface area contributed by atoms with E-state index in [1.165, 1.54) is 36.7 Å². The molecule has 8 rings (SSSR count). The van der Waals surface area contributed by atoms with Crippen molar-refractivity contribution in [2.75, 3.05) is 23.7 Å². The van der Waals surface area contributed by atoms with Crippen molar-refractivity contribution in [3.63, 3.8) is 0 Å². The van der Waals surface area contributed by atoms with Gasteiger partial charge in [0, 0.05) is 36.3 Å². The van der Waals surface area contributed by atoms with Crippen LogP contribution >= 0.6 is 0 Å². The molecule has 0 atom stereocenters. The molecule has 2 aliphatic rings. The summed E-state index contributed by atoms with van der Waals surface area (Å²) in [4.78, 5) is 15.1. The van der Waals surface area contributed by atoms with Gasteiger partial charge in [0.25, 0.3) is 0 Å². The Balaban J connectivity index is 0.000000172. The summed E-state index contributed by atoms with van der Waals surface area (Å²) in [5.74, 6) is 0.195. The molecule has 4 heterocycles. The Morgan fingerprint density at radius 3 is 1.34 bits per heavy atom. The minimum absolute atomic E-state index is 0.225. The Bertz CT molecular complexity index is 2220. The lowest BCUT2D eigenvalue weighted by molar-refractivity contribution is 0.0961. The first kappa shape index (κ1) is 37.5. The molecule has 0 saturated heterocycles. The number of nitrogens with one attached hydrogen (secondary N) is 2. The monoisotopic (exact) mass is 754 g/mol.